The highest BCUT2D eigenvalue weighted by atomic mass is 14.2. The molecule has 0 N–H and O–H groups in total. The minimum atomic E-state index is 1.08. The van der Waals surface area contributed by atoms with Gasteiger partial charge in [0.25, 0.3) is 0 Å². The number of hydrogen-bond acceptors (Lipinski definition) is 0. The minimum absolute atomic E-state index is 1.08. The molecule has 0 unspecified atom stereocenters. The summed E-state index contributed by atoms with van der Waals surface area (Å²) in [6, 6.07) is 11.1. The summed E-state index contributed by atoms with van der Waals surface area (Å²) in [5.74, 6) is 0. The van der Waals surface area contributed by atoms with Gasteiger partial charge in [-0.1, -0.05) is 67.8 Å². The van der Waals surface area contributed by atoms with Crippen LogP contribution in [0.3, 0.4) is 0 Å². The lowest BCUT2D eigenvalue weighted by molar-refractivity contribution is 1.49. The molecule has 0 heteroatoms. The van der Waals surface area contributed by atoms with Crippen molar-refractivity contribution in [2.75, 3.05) is 0 Å². The topological polar surface area (TPSA) is 0 Å². The van der Waals surface area contributed by atoms with Crippen LogP contribution in [0.4, 0.5) is 0 Å². The summed E-state index contributed by atoms with van der Waals surface area (Å²) in [4.78, 5) is 0. The molecular formula is C23H22. The Morgan fingerprint density at radius 2 is 1.91 bits per heavy atom. The third-order valence-electron chi connectivity index (χ3n) is 4.28. The van der Waals surface area contributed by atoms with E-state index in [1.807, 2.05) is 6.08 Å². The summed E-state index contributed by atoms with van der Waals surface area (Å²) in [5, 5.41) is 6.39. The number of aryl methyl sites for hydroxylation is 1. The fourth-order valence-corrected chi connectivity index (χ4v) is 3.52. The summed E-state index contributed by atoms with van der Waals surface area (Å²) in [6.45, 7) is 14.4. The van der Waals surface area contributed by atoms with Gasteiger partial charge < -0.3 is 0 Å². The Labute approximate surface area is 138 Å². The Morgan fingerprint density at radius 1 is 1.13 bits per heavy atom. The first-order chi connectivity index (χ1) is 11.1. The normalized spacial score (nSPS) is 12.6. The first-order valence-electron chi connectivity index (χ1n) is 7.98. The van der Waals surface area contributed by atoms with Gasteiger partial charge in [-0.15, -0.1) is 0 Å². The lowest BCUT2D eigenvalue weighted by Crippen LogP contribution is -2.12. The van der Waals surface area contributed by atoms with E-state index in [1.165, 1.54) is 43.5 Å². The Morgan fingerprint density at radius 3 is 2.57 bits per heavy atom. The van der Waals surface area contributed by atoms with E-state index in [1.54, 1.807) is 0 Å². The summed E-state index contributed by atoms with van der Waals surface area (Å²) in [7, 11) is 0. The predicted octanol–water partition coefficient (Wildman–Crippen LogP) is 6.05. The standard InChI is InChI=1S/C23H22/c1-6-9-18-20-12-8-11-17-13-16(5)14-21(23(17)20)19(10-7-2)22(18)15(3)4/h6-14H,2-3H2,1,4-5H3/b9-6-,19-10-. The first kappa shape index (κ1) is 15.3. The van der Waals surface area contributed by atoms with Crippen molar-refractivity contribution in [1.29, 1.82) is 0 Å². The zero-order chi connectivity index (χ0) is 16.6. The highest BCUT2D eigenvalue weighted by Gasteiger charge is 2.13. The average molecular weight is 298 g/mol. The Bertz CT molecular complexity index is 1010. The molecule has 3 rings (SSSR count). The summed E-state index contributed by atoms with van der Waals surface area (Å²) < 4.78 is 0. The maximum atomic E-state index is 4.24. The van der Waals surface area contributed by atoms with Crippen molar-refractivity contribution >= 4 is 39.3 Å². The molecule has 0 saturated heterocycles. The van der Waals surface area contributed by atoms with E-state index in [2.05, 4.69) is 82.5 Å². The number of allylic oxidation sites excluding steroid dienone is 3. The highest BCUT2D eigenvalue weighted by Crippen LogP contribution is 2.33. The van der Waals surface area contributed by atoms with Gasteiger partial charge in [-0.2, -0.15) is 0 Å². The van der Waals surface area contributed by atoms with Crippen LogP contribution in [0.25, 0.3) is 39.3 Å². The van der Waals surface area contributed by atoms with Crippen LogP contribution in [-0.2, 0) is 0 Å². The van der Waals surface area contributed by atoms with Crippen LogP contribution in [0.2, 0.25) is 0 Å². The van der Waals surface area contributed by atoms with Gasteiger partial charge >= 0.3 is 0 Å². The maximum absolute atomic E-state index is 4.24. The van der Waals surface area contributed by atoms with Gasteiger partial charge in [0.2, 0.25) is 0 Å². The van der Waals surface area contributed by atoms with Crippen molar-refractivity contribution in [2.45, 2.75) is 20.8 Å². The van der Waals surface area contributed by atoms with E-state index in [4.69, 9.17) is 0 Å². The molecule has 3 aromatic carbocycles. The van der Waals surface area contributed by atoms with Gasteiger partial charge in [0.05, 0.1) is 0 Å². The lowest BCUT2D eigenvalue weighted by atomic mass is 9.87. The molecule has 3 aromatic rings. The quantitative estimate of drug-likeness (QED) is 0.552. The second kappa shape index (κ2) is 5.89. The molecule has 23 heavy (non-hydrogen) atoms. The molecule has 0 heterocycles. The SMILES string of the molecule is C=C/C=c1\c(C(=C)C)c(/C=C\C)c2cccc3cc(C)cc1c32. The van der Waals surface area contributed by atoms with Crippen LogP contribution in [0.1, 0.15) is 30.5 Å². The monoisotopic (exact) mass is 298 g/mol. The van der Waals surface area contributed by atoms with Gasteiger partial charge in [-0.25, -0.2) is 0 Å². The van der Waals surface area contributed by atoms with Crippen molar-refractivity contribution in [2.24, 2.45) is 0 Å². The minimum Gasteiger partial charge on any atom is -0.0990 e. The second-order valence-electron chi connectivity index (χ2n) is 6.10. The van der Waals surface area contributed by atoms with Gasteiger partial charge in [-0.05, 0) is 69.8 Å². The van der Waals surface area contributed by atoms with Crippen molar-refractivity contribution in [3.63, 3.8) is 0 Å². The van der Waals surface area contributed by atoms with Gasteiger partial charge in [0.15, 0.2) is 0 Å². The molecule has 0 nitrogen and oxygen atoms in total. The van der Waals surface area contributed by atoms with E-state index in [-0.39, 0.29) is 0 Å². The summed E-state index contributed by atoms with van der Waals surface area (Å²) >= 11 is 0. The van der Waals surface area contributed by atoms with E-state index in [0.29, 0.717) is 0 Å². The summed E-state index contributed by atoms with van der Waals surface area (Å²) in [5.41, 5.74) is 4.81. The Balaban J connectivity index is 2.76. The molecule has 0 aromatic heterocycles. The van der Waals surface area contributed by atoms with Crippen LogP contribution >= 0.6 is 0 Å². The van der Waals surface area contributed by atoms with E-state index in [9.17, 15) is 0 Å². The third-order valence-corrected chi connectivity index (χ3v) is 4.28. The van der Waals surface area contributed by atoms with Crippen molar-refractivity contribution < 1.29 is 0 Å². The molecule has 0 bridgehead atoms. The Hall–Kier alpha value is -2.60. The summed E-state index contributed by atoms with van der Waals surface area (Å²) in [6.07, 6.45) is 8.27. The van der Waals surface area contributed by atoms with Crippen LogP contribution < -0.4 is 5.22 Å². The highest BCUT2D eigenvalue weighted by molar-refractivity contribution is 6.15. The smallest absolute Gasteiger partial charge is 0.00262 e. The average Bonchev–Trinajstić information content (AvgIpc) is 2.51. The molecule has 0 fully saturated rings. The van der Waals surface area contributed by atoms with Gasteiger partial charge in [-0.3, -0.25) is 0 Å². The fraction of sp³-hybridized carbons (Fsp3) is 0.130. The number of rotatable bonds is 3. The maximum Gasteiger partial charge on any atom is -0.00262 e. The fourth-order valence-electron chi connectivity index (χ4n) is 3.52. The number of benzene rings is 3. The molecule has 0 saturated carbocycles. The zero-order valence-electron chi connectivity index (χ0n) is 14.1. The molecule has 0 aliphatic carbocycles. The lowest BCUT2D eigenvalue weighted by Gasteiger charge is -2.16. The van der Waals surface area contributed by atoms with Gasteiger partial charge in [0, 0.05) is 0 Å². The molecule has 0 atom stereocenters. The van der Waals surface area contributed by atoms with Crippen LogP contribution in [0.5, 0.6) is 0 Å². The molecular weight excluding hydrogens is 276 g/mol. The molecule has 0 spiro atoms. The first-order valence-corrected chi connectivity index (χ1v) is 7.98. The predicted molar refractivity (Wildman–Crippen MR) is 105 cm³/mol. The van der Waals surface area contributed by atoms with Crippen molar-refractivity contribution in [1.82, 2.24) is 0 Å². The van der Waals surface area contributed by atoms with E-state index < -0.39 is 0 Å². The van der Waals surface area contributed by atoms with E-state index in [0.717, 1.165) is 5.57 Å². The zero-order valence-corrected chi connectivity index (χ0v) is 14.1. The third kappa shape index (κ3) is 2.41. The van der Waals surface area contributed by atoms with Crippen molar-refractivity contribution in [3.05, 3.63) is 77.6 Å². The molecule has 0 aliphatic heterocycles. The van der Waals surface area contributed by atoms with Gasteiger partial charge in [0.1, 0.15) is 0 Å². The van der Waals surface area contributed by atoms with Crippen LogP contribution in [-0.4, -0.2) is 0 Å². The van der Waals surface area contributed by atoms with Crippen molar-refractivity contribution in [3.8, 4) is 0 Å². The van der Waals surface area contributed by atoms with Crippen LogP contribution in [0, 0.1) is 6.92 Å². The second-order valence-corrected chi connectivity index (χ2v) is 6.10. The van der Waals surface area contributed by atoms with Crippen LogP contribution in [0.15, 0.2) is 55.6 Å². The Kier molecular flexibility index (Phi) is 3.92. The molecule has 114 valence electrons. The number of hydrogen-bond donors (Lipinski definition) is 0. The largest absolute Gasteiger partial charge is 0.0990 e. The molecule has 0 radical (unpaired) electrons. The molecule has 0 aliphatic rings. The van der Waals surface area contributed by atoms with E-state index >= 15 is 0 Å². The molecule has 0 amide bonds.